The van der Waals surface area contributed by atoms with Gasteiger partial charge in [-0.1, -0.05) is 0 Å². The van der Waals surface area contributed by atoms with E-state index in [1.807, 2.05) is 0 Å². The Balaban J connectivity index is 2.98. The van der Waals surface area contributed by atoms with Crippen LogP contribution in [0, 0.1) is 5.92 Å². The SMILES string of the molecule is CC(=O)[C@@H]1C(=O)NC(=O)C1=O. The summed E-state index contributed by atoms with van der Waals surface area (Å²) in [5.74, 6) is -4.76. The van der Waals surface area contributed by atoms with Crippen molar-refractivity contribution in [2.75, 3.05) is 0 Å². The van der Waals surface area contributed by atoms with Crippen molar-refractivity contribution in [1.29, 1.82) is 0 Å². The Kier molecular flexibility index (Phi) is 1.56. The molecule has 1 heterocycles. The zero-order chi connectivity index (χ0) is 8.59. The summed E-state index contributed by atoms with van der Waals surface area (Å²) >= 11 is 0. The number of carbonyl (C=O) groups is 4. The number of carbonyl (C=O) groups excluding carboxylic acids is 4. The third-order valence-corrected chi connectivity index (χ3v) is 1.39. The van der Waals surface area contributed by atoms with Crippen molar-refractivity contribution in [3.8, 4) is 0 Å². The predicted octanol–water partition coefficient (Wildman–Crippen LogP) is -1.58. The molecular formula is C6H5NO4. The topological polar surface area (TPSA) is 80.3 Å². The van der Waals surface area contributed by atoms with Gasteiger partial charge in [-0.25, -0.2) is 0 Å². The average Bonchev–Trinajstić information content (AvgIpc) is 2.07. The second-order valence-corrected chi connectivity index (χ2v) is 2.23. The van der Waals surface area contributed by atoms with E-state index >= 15 is 0 Å². The molecule has 1 aliphatic rings. The van der Waals surface area contributed by atoms with Gasteiger partial charge in [0.25, 0.3) is 5.91 Å². The van der Waals surface area contributed by atoms with Gasteiger partial charge in [0.15, 0.2) is 5.92 Å². The molecule has 1 aliphatic heterocycles. The van der Waals surface area contributed by atoms with Gasteiger partial charge in [0.2, 0.25) is 11.7 Å². The molecule has 1 fully saturated rings. The maximum Gasteiger partial charge on any atom is 0.295 e. The van der Waals surface area contributed by atoms with E-state index in [0.29, 0.717) is 0 Å². The molecule has 1 atom stereocenters. The number of nitrogens with one attached hydrogen (secondary N) is 1. The second kappa shape index (κ2) is 2.26. The van der Waals surface area contributed by atoms with Crippen LogP contribution >= 0.6 is 0 Å². The molecule has 0 aromatic carbocycles. The first kappa shape index (κ1) is 7.59. The summed E-state index contributed by atoms with van der Waals surface area (Å²) in [6.45, 7) is 1.10. The van der Waals surface area contributed by atoms with E-state index < -0.39 is 29.3 Å². The van der Waals surface area contributed by atoms with Crippen LogP contribution in [0.1, 0.15) is 6.92 Å². The first-order chi connectivity index (χ1) is 5.04. The molecule has 0 aliphatic carbocycles. The monoisotopic (exact) mass is 155 g/mol. The number of amides is 2. The summed E-state index contributed by atoms with van der Waals surface area (Å²) in [5.41, 5.74) is 0. The molecule has 5 heteroatoms. The highest BCUT2D eigenvalue weighted by Gasteiger charge is 2.42. The fourth-order valence-electron chi connectivity index (χ4n) is 0.865. The Hall–Kier alpha value is -1.52. The lowest BCUT2D eigenvalue weighted by Gasteiger charge is -1.94. The van der Waals surface area contributed by atoms with E-state index in [0.717, 1.165) is 6.92 Å². The molecule has 0 bridgehead atoms. The maximum atomic E-state index is 10.7. The first-order valence-electron chi connectivity index (χ1n) is 2.93. The molecule has 0 spiro atoms. The van der Waals surface area contributed by atoms with Crippen LogP contribution in [0.25, 0.3) is 0 Å². The van der Waals surface area contributed by atoms with Crippen molar-refractivity contribution in [2.24, 2.45) is 5.92 Å². The number of Topliss-reactive ketones (excluding diaryl/α,β-unsaturated/α-hetero) is 2. The molecule has 58 valence electrons. The second-order valence-electron chi connectivity index (χ2n) is 2.23. The molecular weight excluding hydrogens is 150 g/mol. The molecule has 1 rings (SSSR count). The summed E-state index contributed by atoms with van der Waals surface area (Å²) < 4.78 is 0. The fraction of sp³-hybridized carbons (Fsp3) is 0.333. The lowest BCUT2D eigenvalue weighted by atomic mass is 10.0. The quantitative estimate of drug-likeness (QED) is 0.281. The van der Waals surface area contributed by atoms with Gasteiger partial charge in [-0.2, -0.15) is 0 Å². The lowest BCUT2D eigenvalue weighted by Crippen LogP contribution is -2.25. The highest BCUT2D eigenvalue weighted by Crippen LogP contribution is 2.06. The highest BCUT2D eigenvalue weighted by atomic mass is 16.2. The summed E-state index contributed by atoms with van der Waals surface area (Å²) in [4.78, 5) is 42.4. The van der Waals surface area contributed by atoms with Gasteiger partial charge >= 0.3 is 0 Å². The van der Waals surface area contributed by atoms with Gasteiger partial charge in [0.1, 0.15) is 5.78 Å². The van der Waals surface area contributed by atoms with E-state index in [9.17, 15) is 19.2 Å². The zero-order valence-electron chi connectivity index (χ0n) is 5.71. The summed E-state index contributed by atoms with van der Waals surface area (Å²) in [5, 5.41) is 1.75. The van der Waals surface area contributed by atoms with E-state index in [1.165, 1.54) is 0 Å². The van der Waals surface area contributed by atoms with Gasteiger partial charge in [-0.3, -0.25) is 24.5 Å². The predicted molar refractivity (Wildman–Crippen MR) is 32.3 cm³/mol. The van der Waals surface area contributed by atoms with Crippen LogP contribution in [0.3, 0.4) is 0 Å². The van der Waals surface area contributed by atoms with Crippen LogP contribution < -0.4 is 5.32 Å². The molecule has 0 unspecified atom stereocenters. The molecule has 0 saturated carbocycles. The van der Waals surface area contributed by atoms with Crippen LogP contribution in [0.5, 0.6) is 0 Å². The van der Waals surface area contributed by atoms with Crippen molar-refractivity contribution in [2.45, 2.75) is 6.92 Å². The minimum absolute atomic E-state index is 0.599. The Morgan fingerprint density at radius 2 is 1.91 bits per heavy atom. The molecule has 5 nitrogen and oxygen atoms in total. The van der Waals surface area contributed by atoms with Gasteiger partial charge < -0.3 is 0 Å². The Labute approximate surface area is 61.8 Å². The van der Waals surface area contributed by atoms with E-state index in [4.69, 9.17) is 0 Å². The highest BCUT2D eigenvalue weighted by molar-refractivity contribution is 6.52. The number of ketones is 2. The van der Waals surface area contributed by atoms with Crippen LogP contribution in [0.4, 0.5) is 0 Å². The van der Waals surface area contributed by atoms with Crippen LogP contribution in [-0.2, 0) is 19.2 Å². The Morgan fingerprint density at radius 1 is 1.36 bits per heavy atom. The van der Waals surface area contributed by atoms with E-state index in [1.54, 1.807) is 5.32 Å². The van der Waals surface area contributed by atoms with Crippen molar-refractivity contribution in [3.05, 3.63) is 0 Å². The van der Waals surface area contributed by atoms with Gasteiger partial charge in [-0.05, 0) is 6.92 Å². The van der Waals surface area contributed by atoms with Gasteiger partial charge in [0, 0.05) is 0 Å². The standard InChI is InChI=1S/C6H5NO4/c1-2(8)3-4(9)6(11)7-5(3)10/h3H,1H3,(H,7,10,11)/t3-/m0/s1. The first-order valence-corrected chi connectivity index (χ1v) is 2.93. The fourth-order valence-corrected chi connectivity index (χ4v) is 0.865. The minimum Gasteiger partial charge on any atom is -0.299 e. The van der Waals surface area contributed by atoms with Gasteiger partial charge in [0.05, 0.1) is 0 Å². The Morgan fingerprint density at radius 3 is 2.09 bits per heavy atom. The summed E-state index contributed by atoms with van der Waals surface area (Å²) in [6, 6.07) is 0. The molecule has 1 N–H and O–H groups in total. The molecule has 11 heavy (non-hydrogen) atoms. The van der Waals surface area contributed by atoms with Crippen LogP contribution in [0.2, 0.25) is 0 Å². The van der Waals surface area contributed by atoms with Crippen molar-refractivity contribution < 1.29 is 19.2 Å². The van der Waals surface area contributed by atoms with E-state index in [2.05, 4.69) is 0 Å². The molecule has 0 aromatic rings. The zero-order valence-corrected chi connectivity index (χ0v) is 5.71. The molecule has 1 saturated heterocycles. The van der Waals surface area contributed by atoms with E-state index in [-0.39, 0.29) is 0 Å². The van der Waals surface area contributed by atoms with Crippen molar-refractivity contribution >= 4 is 23.4 Å². The number of hydrogen-bond donors (Lipinski definition) is 1. The maximum absolute atomic E-state index is 10.7. The summed E-state index contributed by atoms with van der Waals surface area (Å²) in [6.07, 6.45) is 0. The smallest absolute Gasteiger partial charge is 0.295 e. The molecule has 0 radical (unpaired) electrons. The van der Waals surface area contributed by atoms with Crippen molar-refractivity contribution in [3.63, 3.8) is 0 Å². The number of rotatable bonds is 1. The molecule has 2 amide bonds. The van der Waals surface area contributed by atoms with Crippen LogP contribution in [-0.4, -0.2) is 23.4 Å². The molecule has 0 aromatic heterocycles. The third kappa shape index (κ3) is 1.04. The third-order valence-electron chi connectivity index (χ3n) is 1.39. The average molecular weight is 155 g/mol. The van der Waals surface area contributed by atoms with Crippen molar-refractivity contribution in [1.82, 2.24) is 5.32 Å². The minimum atomic E-state index is -1.40. The summed E-state index contributed by atoms with van der Waals surface area (Å²) in [7, 11) is 0. The largest absolute Gasteiger partial charge is 0.299 e. The van der Waals surface area contributed by atoms with Gasteiger partial charge in [-0.15, -0.1) is 0 Å². The Bertz CT molecular complexity index is 268. The normalized spacial score (nSPS) is 23.7. The number of imide groups is 1. The number of hydrogen-bond acceptors (Lipinski definition) is 4. The van der Waals surface area contributed by atoms with Crippen LogP contribution in [0.15, 0.2) is 0 Å². The lowest BCUT2D eigenvalue weighted by molar-refractivity contribution is -0.139.